The van der Waals surface area contributed by atoms with Gasteiger partial charge < -0.3 is 4.42 Å². The number of fused-ring (bicyclic) bond motifs is 16. The van der Waals surface area contributed by atoms with Gasteiger partial charge in [0.2, 0.25) is 0 Å². The van der Waals surface area contributed by atoms with Crippen LogP contribution in [0.15, 0.2) is 253 Å². The highest BCUT2D eigenvalue weighted by Gasteiger charge is 2.52. The molecule has 2 aliphatic carbocycles. The number of nitrogens with zero attached hydrogens (tertiary/aromatic N) is 3. The molecular formula is C70H41N3OS. The van der Waals surface area contributed by atoms with E-state index >= 15 is 0 Å². The Bertz CT molecular complexity index is 4600. The van der Waals surface area contributed by atoms with E-state index in [2.05, 4.69) is 231 Å². The molecule has 0 radical (unpaired) electrons. The van der Waals surface area contributed by atoms with Crippen molar-refractivity contribution in [1.29, 1.82) is 0 Å². The second-order valence-corrected chi connectivity index (χ2v) is 20.8. The van der Waals surface area contributed by atoms with Gasteiger partial charge in [-0.2, -0.15) is 0 Å². The van der Waals surface area contributed by atoms with Gasteiger partial charge in [-0.25, -0.2) is 15.0 Å². The van der Waals surface area contributed by atoms with Gasteiger partial charge in [0.15, 0.2) is 17.5 Å². The molecule has 75 heavy (non-hydrogen) atoms. The molecule has 14 aromatic rings. The number of hydrogen-bond acceptors (Lipinski definition) is 5. The van der Waals surface area contributed by atoms with Crippen molar-refractivity contribution < 1.29 is 4.42 Å². The molecular weight excluding hydrogens is 931 g/mol. The maximum atomic E-state index is 6.64. The first-order chi connectivity index (χ1) is 37.2. The first-order valence-corrected chi connectivity index (χ1v) is 26.3. The summed E-state index contributed by atoms with van der Waals surface area (Å²) in [5, 5.41) is 4.40. The predicted molar refractivity (Wildman–Crippen MR) is 309 cm³/mol. The third-order valence-electron chi connectivity index (χ3n) is 15.8. The van der Waals surface area contributed by atoms with Crippen LogP contribution in [-0.2, 0) is 5.41 Å². The normalized spacial score (nSPS) is 12.9. The summed E-state index contributed by atoms with van der Waals surface area (Å²) < 4.78 is 9.03. The average molecular weight is 972 g/mol. The van der Waals surface area contributed by atoms with Crippen LogP contribution in [-0.4, -0.2) is 15.0 Å². The Morgan fingerprint density at radius 2 is 0.813 bits per heavy atom. The van der Waals surface area contributed by atoms with Gasteiger partial charge in [-0.3, -0.25) is 0 Å². The lowest BCUT2D eigenvalue weighted by Crippen LogP contribution is -2.25. The fourth-order valence-electron chi connectivity index (χ4n) is 12.5. The van der Waals surface area contributed by atoms with Gasteiger partial charge in [0, 0.05) is 47.6 Å². The summed E-state index contributed by atoms with van der Waals surface area (Å²) in [4.78, 5) is 15.9. The van der Waals surface area contributed by atoms with E-state index in [4.69, 9.17) is 19.4 Å². The summed E-state index contributed by atoms with van der Waals surface area (Å²) in [5.41, 5.74) is 21.5. The Hall–Kier alpha value is -9.55. The van der Waals surface area contributed by atoms with Crippen molar-refractivity contribution >= 4 is 53.4 Å². The number of rotatable bonds is 6. The molecule has 0 aliphatic heterocycles. The number of benzene rings is 11. The van der Waals surface area contributed by atoms with Gasteiger partial charge in [0.05, 0.1) is 5.41 Å². The van der Waals surface area contributed by atoms with Crippen LogP contribution in [0, 0.1) is 0 Å². The van der Waals surface area contributed by atoms with Gasteiger partial charge in [0.1, 0.15) is 11.2 Å². The maximum absolute atomic E-state index is 6.64. The fourth-order valence-corrected chi connectivity index (χ4v) is 13.7. The van der Waals surface area contributed by atoms with Gasteiger partial charge in [-0.15, -0.1) is 11.3 Å². The lowest BCUT2D eigenvalue weighted by Gasteiger charge is -2.30. The number of thiophene rings is 1. The van der Waals surface area contributed by atoms with Crippen LogP contribution < -0.4 is 0 Å². The molecule has 0 saturated carbocycles. The van der Waals surface area contributed by atoms with Crippen molar-refractivity contribution in [3.8, 4) is 89.8 Å². The van der Waals surface area contributed by atoms with Crippen molar-refractivity contribution in [1.82, 2.24) is 15.0 Å². The molecule has 0 atom stereocenters. The molecule has 1 spiro atoms. The van der Waals surface area contributed by atoms with E-state index in [0.29, 0.717) is 17.5 Å². The molecule has 0 amide bonds. The van der Waals surface area contributed by atoms with E-state index < -0.39 is 0 Å². The van der Waals surface area contributed by atoms with Crippen LogP contribution in [0.3, 0.4) is 0 Å². The van der Waals surface area contributed by atoms with E-state index in [1.165, 1.54) is 71.1 Å². The third-order valence-corrected chi connectivity index (χ3v) is 17.0. The second kappa shape index (κ2) is 16.2. The molecule has 5 heteroatoms. The Morgan fingerprint density at radius 1 is 0.307 bits per heavy atom. The van der Waals surface area contributed by atoms with Crippen LogP contribution >= 0.6 is 11.3 Å². The van der Waals surface area contributed by atoms with Gasteiger partial charge >= 0.3 is 0 Å². The third kappa shape index (κ3) is 6.19. The fraction of sp³-hybridized carbons (Fsp3) is 0.0143. The predicted octanol–water partition coefficient (Wildman–Crippen LogP) is 18.5. The molecule has 2 aliphatic rings. The topological polar surface area (TPSA) is 51.8 Å². The van der Waals surface area contributed by atoms with Crippen LogP contribution in [0.4, 0.5) is 0 Å². The van der Waals surface area contributed by atoms with E-state index in [-0.39, 0.29) is 5.41 Å². The van der Waals surface area contributed by atoms with E-state index in [0.717, 1.165) is 65.6 Å². The molecule has 0 fully saturated rings. The average Bonchev–Trinajstić information content (AvgIpc) is 4.24. The summed E-state index contributed by atoms with van der Waals surface area (Å²) in [7, 11) is 0. The minimum atomic E-state index is -0.386. The van der Waals surface area contributed by atoms with Gasteiger partial charge in [-0.1, -0.05) is 218 Å². The SMILES string of the molecule is c1ccc(-c2ccc(-c3nc(-c4cccc5c4sc4ccccc45)nc(-c4cccc5oc6ccc(-c7ccc(-c8cccc9c8-c8ccccc8C98c9ccccc9-c9ccccc98)cc7)cc6c45)n3)cc2)cc1. The van der Waals surface area contributed by atoms with Crippen molar-refractivity contribution in [2.75, 3.05) is 0 Å². The lowest BCUT2D eigenvalue weighted by molar-refractivity contribution is 0.669. The summed E-state index contributed by atoms with van der Waals surface area (Å²) in [6.07, 6.45) is 0. The van der Waals surface area contributed by atoms with Crippen LogP contribution in [0.2, 0.25) is 0 Å². The smallest absolute Gasteiger partial charge is 0.165 e. The summed E-state index contributed by atoms with van der Waals surface area (Å²) in [6.45, 7) is 0. The van der Waals surface area contributed by atoms with E-state index in [9.17, 15) is 0 Å². The monoisotopic (exact) mass is 971 g/mol. The Kier molecular flexibility index (Phi) is 9.09. The first kappa shape index (κ1) is 42.0. The standard InChI is InChI=1S/C70H41N3OS/c1-2-15-42(16-3-1)43-33-37-46(38-34-43)67-71-68(73-69(72-67)55-24-12-22-52-51-19-7-11-30-63(51)75-66(52)55)54-23-14-29-62-65(54)56-41-47(39-40-61(56)74-62)44-31-35-45(36-32-44)48-21-13-28-60-64(48)53-20-6-10-27-59(53)70(60)57-25-8-4-17-49(57)50-18-5-9-26-58(50)70/h1-41H. The Labute approximate surface area is 436 Å². The number of aromatic nitrogens is 3. The molecule has 0 saturated heterocycles. The summed E-state index contributed by atoms with van der Waals surface area (Å²) in [6, 6.07) is 89.8. The van der Waals surface area contributed by atoms with Crippen LogP contribution in [0.1, 0.15) is 22.3 Å². The second-order valence-electron chi connectivity index (χ2n) is 19.7. The van der Waals surface area contributed by atoms with E-state index in [1.54, 1.807) is 11.3 Å². The molecule has 4 nitrogen and oxygen atoms in total. The molecule has 11 aromatic carbocycles. The summed E-state index contributed by atoms with van der Waals surface area (Å²) in [5.74, 6) is 1.83. The largest absolute Gasteiger partial charge is 0.456 e. The number of hydrogen-bond donors (Lipinski definition) is 0. The van der Waals surface area contributed by atoms with Crippen molar-refractivity contribution in [2.45, 2.75) is 5.41 Å². The highest BCUT2D eigenvalue weighted by molar-refractivity contribution is 7.26. The lowest BCUT2D eigenvalue weighted by atomic mass is 9.70. The zero-order valence-electron chi connectivity index (χ0n) is 40.3. The zero-order valence-corrected chi connectivity index (χ0v) is 41.1. The molecule has 0 unspecified atom stereocenters. The Morgan fingerprint density at radius 3 is 1.59 bits per heavy atom. The minimum Gasteiger partial charge on any atom is -0.456 e. The molecule has 0 N–H and O–H groups in total. The number of furan rings is 1. The zero-order chi connectivity index (χ0) is 49.2. The van der Waals surface area contributed by atoms with Crippen LogP contribution in [0.25, 0.3) is 132 Å². The van der Waals surface area contributed by atoms with Crippen molar-refractivity contribution in [2.24, 2.45) is 0 Å². The van der Waals surface area contributed by atoms with Gasteiger partial charge in [0.25, 0.3) is 0 Å². The van der Waals surface area contributed by atoms with Crippen molar-refractivity contribution in [3.63, 3.8) is 0 Å². The molecule has 16 rings (SSSR count). The van der Waals surface area contributed by atoms with E-state index in [1.807, 2.05) is 18.2 Å². The minimum absolute atomic E-state index is 0.386. The van der Waals surface area contributed by atoms with Gasteiger partial charge in [-0.05, 0) is 108 Å². The highest BCUT2D eigenvalue weighted by Crippen LogP contribution is 2.64. The summed E-state index contributed by atoms with van der Waals surface area (Å²) >= 11 is 1.78. The highest BCUT2D eigenvalue weighted by atomic mass is 32.1. The maximum Gasteiger partial charge on any atom is 0.165 e. The first-order valence-electron chi connectivity index (χ1n) is 25.5. The Balaban J connectivity index is 0.819. The molecule has 0 bridgehead atoms. The molecule has 3 aromatic heterocycles. The molecule has 3 heterocycles. The van der Waals surface area contributed by atoms with Crippen molar-refractivity contribution in [3.05, 3.63) is 271 Å². The van der Waals surface area contributed by atoms with Crippen LogP contribution in [0.5, 0.6) is 0 Å². The quantitative estimate of drug-likeness (QED) is 0.167. The molecule has 348 valence electrons.